The second kappa shape index (κ2) is 6.63. The third-order valence-corrected chi connectivity index (χ3v) is 4.77. The highest BCUT2D eigenvalue weighted by Gasteiger charge is 2.19. The van der Waals surface area contributed by atoms with Crippen molar-refractivity contribution in [2.75, 3.05) is 7.05 Å². The normalized spacial score (nSPS) is 12.8. The molecule has 6 heteroatoms. The first-order valence-corrected chi connectivity index (χ1v) is 8.24. The number of nitrogens with zero attached hydrogens (tertiary/aromatic N) is 3. The fourth-order valence-electron chi connectivity index (χ4n) is 2.15. The van der Waals surface area contributed by atoms with Gasteiger partial charge in [-0.2, -0.15) is 5.10 Å². The lowest BCUT2D eigenvalue weighted by Gasteiger charge is -2.15. The van der Waals surface area contributed by atoms with Crippen LogP contribution in [0.25, 0.3) is 0 Å². The zero-order chi connectivity index (χ0) is 13.8. The van der Waals surface area contributed by atoms with Gasteiger partial charge in [-0.3, -0.25) is 4.68 Å². The van der Waals surface area contributed by atoms with Gasteiger partial charge >= 0.3 is 0 Å². The van der Waals surface area contributed by atoms with Crippen molar-refractivity contribution in [1.82, 2.24) is 20.1 Å². The minimum atomic E-state index is 0.231. The van der Waals surface area contributed by atoms with Gasteiger partial charge < -0.3 is 5.32 Å². The van der Waals surface area contributed by atoms with Crippen LogP contribution in [0.1, 0.15) is 37.0 Å². The van der Waals surface area contributed by atoms with Gasteiger partial charge in [0, 0.05) is 18.3 Å². The summed E-state index contributed by atoms with van der Waals surface area (Å²) in [6.45, 7) is 5.15. The Morgan fingerprint density at radius 3 is 2.79 bits per heavy atom. The highest BCUT2D eigenvalue weighted by molar-refractivity contribution is 9.10. The molecular weight excluding hydrogens is 324 g/mol. The van der Waals surface area contributed by atoms with Crippen LogP contribution < -0.4 is 5.32 Å². The number of likely N-dealkylation sites (N-methyl/N-ethyl adjacent to an activating group) is 1. The Balaban J connectivity index is 2.29. The zero-order valence-corrected chi connectivity index (χ0v) is 13.9. The van der Waals surface area contributed by atoms with Gasteiger partial charge in [-0.1, -0.05) is 6.92 Å². The van der Waals surface area contributed by atoms with E-state index in [9.17, 15) is 0 Å². The minimum absolute atomic E-state index is 0.231. The van der Waals surface area contributed by atoms with Gasteiger partial charge in [0.15, 0.2) is 0 Å². The van der Waals surface area contributed by atoms with E-state index in [1.54, 1.807) is 11.3 Å². The Labute approximate surface area is 126 Å². The lowest BCUT2D eigenvalue weighted by molar-refractivity contribution is 0.532. The predicted molar refractivity (Wildman–Crippen MR) is 82.6 cm³/mol. The van der Waals surface area contributed by atoms with E-state index < -0.39 is 0 Å². The number of aryl methyl sites for hydroxylation is 2. The molecule has 104 valence electrons. The van der Waals surface area contributed by atoms with E-state index >= 15 is 0 Å². The molecule has 2 rings (SSSR count). The number of hydrogen-bond donors (Lipinski definition) is 1. The van der Waals surface area contributed by atoms with Crippen molar-refractivity contribution in [2.24, 2.45) is 0 Å². The molecular formula is C13H19BrN4S. The van der Waals surface area contributed by atoms with E-state index in [1.165, 1.54) is 5.69 Å². The van der Waals surface area contributed by atoms with Crippen molar-refractivity contribution in [1.29, 1.82) is 0 Å². The van der Waals surface area contributed by atoms with Gasteiger partial charge in [-0.25, -0.2) is 4.98 Å². The second-order valence-corrected chi connectivity index (χ2v) is 5.85. The van der Waals surface area contributed by atoms with Crippen molar-refractivity contribution in [3.63, 3.8) is 0 Å². The molecule has 0 fully saturated rings. The molecule has 0 radical (unpaired) electrons. The van der Waals surface area contributed by atoms with Crippen LogP contribution in [0.2, 0.25) is 0 Å². The van der Waals surface area contributed by atoms with E-state index in [0.29, 0.717) is 0 Å². The Morgan fingerprint density at radius 2 is 2.26 bits per heavy atom. The molecule has 0 aliphatic heterocycles. The minimum Gasteiger partial charge on any atom is -0.311 e. The molecule has 0 saturated carbocycles. The molecule has 0 amide bonds. The van der Waals surface area contributed by atoms with Crippen molar-refractivity contribution in [2.45, 2.75) is 39.3 Å². The lowest BCUT2D eigenvalue weighted by atomic mass is 10.1. The Bertz CT molecular complexity index is 521. The second-order valence-electron chi connectivity index (χ2n) is 4.34. The molecule has 2 heterocycles. The number of hydrogen-bond acceptors (Lipinski definition) is 4. The molecule has 2 aromatic rings. The standard InChI is InChI=1S/C13H19BrN4S/c1-4-9-13(14)12(18(5-2)17-9)6-10(15-3)11-7-19-8-16-11/h7-8,10,15H,4-6H2,1-3H3. The largest absolute Gasteiger partial charge is 0.311 e. The van der Waals surface area contributed by atoms with Crippen molar-refractivity contribution in [3.8, 4) is 0 Å². The summed E-state index contributed by atoms with van der Waals surface area (Å²) in [5, 5.41) is 10.1. The van der Waals surface area contributed by atoms with Crippen LogP contribution >= 0.6 is 27.3 Å². The summed E-state index contributed by atoms with van der Waals surface area (Å²) in [4.78, 5) is 4.41. The zero-order valence-electron chi connectivity index (χ0n) is 11.5. The van der Waals surface area contributed by atoms with Gasteiger partial charge in [-0.15, -0.1) is 11.3 Å². The molecule has 1 unspecified atom stereocenters. The average Bonchev–Trinajstić information content (AvgIpc) is 3.04. The number of nitrogens with one attached hydrogen (secondary N) is 1. The average molecular weight is 343 g/mol. The van der Waals surface area contributed by atoms with Crippen LogP contribution in [0, 0.1) is 0 Å². The van der Waals surface area contributed by atoms with Crippen LogP contribution in [0.15, 0.2) is 15.4 Å². The van der Waals surface area contributed by atoms with Gasteiger partial charge in [0.1, 0.15) is 0 Å². The first-order chi connectivity index (χ1) is 9.21. The van der Waals surface area contributed by atoms with E-state index in [1.807, 2.05) is 12.6 Å². The highest BCUT2D eigenvalue weighted by atomic mass is 79.9. The maximum atomic E-state index is 4.64. The lowest BCUT2D eigenvalue weighted by Crippen LogP contribution is -2.21. The van der Waals surface area contributed by atoms with Crippen molar-refractivity contribution in [3.05, 3.63) is 32.4 Å². The molecule has 0 spiro atoms. The van der Waals surface area contributed by atoms with Crippen molar-refractivity contribution >= 4 is 27.3 Å². The summed E-state index contributed by atoms with van der Waals surface area (Å²) >= 11 is 5.33. The fraction of sp³-hybridized carbons (Fsp3) is 0.538. The first kappa shape index (κ1) is 14.7. The summed E-state index contributed by atoms with van der Waals surface area (Å²) < 4.78 is 3.23. The maximum Gasteiger partial charge on any atom is 0.0795 e. The summed E-state index contributed by atoms with van der Waals surface area (Å²) in [5.74, 6) is 0. The molecule has 4 nitrogen and oxygen atoms in total. The third kappa shape index (κ3) is 3.07. The summed E-state index contributed by atoms with van der Waals surface area (Å²) in [7, 11) is 1.98. The summed E-state index contributed by atoms with van der Waals surface area (Å²) in [5.41, 5.74) is 5.35. The SMILES string of the molecule is CCc1nn(CC)c(CC(NC)c2cscn2)c1Br. The van der Waals surface area contributed by atoms with Crippen LogP contribution in [-0.4, -0.2) is 21.8 Å². The quantitative estimate of drug-likeness (QED) is 0.876. The molecule has 0 saturated heterocycles. The van der Waals surface area contributed by atoms with Crippen LogP contribution in [0.5, 0.6) is 0 Å². The molecule has 19 heavy (non-hydrogen) atoms. The number of rotatable bonds is 6. The van der Waals surface area contributed by atoms with Crippen LogP contribution in [-0.2, 0) is 19.4 Å². The highest BCUT2D eigenvalue weighted by Crippen LogP contribution is 2.27. The monoisotopic (exact) mass is 342 g/mol. The molecule has 2 aromatic heterocycles. The number of halogens is 1. The topological polar surface area (TPSA) is 42.7 Å². The molecule has 0 aliphatic rings. The van der Waals surface area contributed by atoms with Gasteiger partial charge in [0.05, 0.1) is 33.1 Å². The Kier molecular flexibility index (Phi) is 5.13. The van der Waals surface area contributed by atoms with Crippen molar-refractivity contribution < 1.29 is 0 Å². The Morgan fingerprint density at radius 1 is 1.47 bits per heavy atom. The molecule has 0 bridgehead atoms. The molecule has 0 aliphatic carbocycles. The number of thiazole rings is 1. The maximum absolute atomic E-state index is 4.64. The molecule has 0 aromatic carbocycles. The molecule has 1 atom stereocenters. The van der Waals surface area contributed by atoms with Gasteiger partial charge in [0.2, 0.25) is 0 Å². The summed E-state index contributed by atoms with van der Waals surface area (Å²) in [6.07, 6.45) is 1.84. The van der Waals surface area contributed by atoms with Crippen LogP contribution in [0.4, 0.5) is 0 Å². The van der Waals surface area contributed by atoms with Gasteiger partial charge in [-0.05, 0) is 36.3 Å². The van der Waals surface area contributed by atoms with E-state index in [4.69, 9.17) is 0 Å². The smallest absolute Gasteiger partial charge is 0.0795 e. The summed E-state index contributed by atoms with van der Waals surface area (Å²) in [6, 6.07) is 0.231. The van der Waals surface area contributed by atoms with Crippen LogP contribution in [0.3, 0.4) is 0 Å². The molecule has 1 N–H and O–H groups in total. The third-order valence-electron chi connectivity index (χ3n) is 3.25. The fourth-order valence-corrected chi connectivity index (χ4v) is 3.49. The first-order valence-electron chi connectivity index (χ1n) is 6.50. The predicted octanol–water partition coefficient (Wildman–Crippen LogP) is 3.19. The Hall–Kier alpha value is -0.720. The van der Waals surface area contributed by atoms with E-state index in [0.717, 1.165) is 35.2 Å². The number of aromatic nitrogens is 3. The van der Waals surface area contributed by atoms with E-state index in [-0.39, 0.29) is 6.04 Å². The van der Waals surface area contributed by atoms with Gasteiger partial charge in [0.25, 0.3) is 0 Å². The van der Waals surface area contributed by atoms with E-state index in [2.05, 4.69) is 55.2 Å².